The Balaban J connectivity index is 1.34. The van der Waals surface area contributed by atoms with E-state index in [9.17, 15) is 14.4 Å². The first-order chi connectivity index (χ1) is 15.3. The minimum Gasteiger partial charge on any atom is -0.490 e. The van der Waals surface area contributed by atoms with Crippen molar-refractivity contribution in [2.45, 2.75) is 44.4 Å². The van der Waals surface area contributed by atoms with Crippen molar-refractivity contribution in [2.24, 2.45) is 0 Å². The largest absolute Gasteiger partial charge is 0.490 e. The molecule has 10 heteroatoms. The number of amides is 2. The summed E-state index contributed by atoms with van der Waals surface area (Å²) in [6.07, 6.45) is 1.02. The van der Waals surface area contributed by atoms with Gasteiger partial charge in [-0.05, 0) is 32.0 Å². The van der Waals surface area contributed by atoms with E-state index in [4.69, 9.17) is 14.5 Å². The Kier molecular flexibility index (Phi) is 4.08. The summed E-state index contributed by atoms with van der Waals surface area (Å²) in [5.74, 6) is 0.0376. The summed E-state index contributed by atoms with van der Waals surface area (Å²) >= 11 is 1.35. The fourth-order valence-electron chi connectivity index (χ4n) is 4.87. The lowest BCUT2D eigenvalue weighted by molar-refractivity contribution is -0.149. The first kappa shape index (κ1) is 19.5. The number of morpholine rings is 1. The number of anilines is 2. The van der Waals surface area contributed by atoms with Crippen LogP contribution in [0.15, 0.2) is 18.2 Å². The third kappa shape index (κ3) is 2.96. The molecule has 0 radical (unpaired) electrons. The van der Waals surface area contributed by atoms with Gasteiger partial charge >= 0.3 is 5.97 Å². The van der Waals surface area contributed by atoms with Gasteiger partial charge in [0.2, 0.25) is 0 Å². The van der Waals surface area contributed by atoms with E-state index >= 15 is 0 Å². The number of hydrogen-bond acceptors (Lipinski definition) is 8. The van der Waals surface area contributed by atoms with E-state index in [1.165, 1.54) is 11.3 Å². The maximum absolute atomic E-state index is 13.2. The van der Waals surface area contributed by atoms with Crippen LogP contribution in [0.3, 0.4) is 0 Å². The van der Waals surface area contributed by atoms with Crippen molar-refractivity contribution in [3.8, 4) is 5.75 Å². The van der Waals surface area contributed by atoms with Crippen LogP contribution in [0.25, 0.3) is 0 Å². The fourth-order valence-corrected chi connectivity index (χ4v) is 5.89. The Morgan fingerprint density at radius 2 is 2.16 bits per heavy atom. The number of nitrogens with one attached hydrogen (secondary N) is 1. The number of hydrogen-bond donors (Lipinski definition) is 1. The van der Waals surface area contributed by atoms with Crippen molar-refractivity contribution >= 4 is 39.9 Å². The van der Waals surface area contributed by atoms with E-state index in [0.717, 1.165) is 11.4 Å². The topological polar surface area (TPSA) is 101 Å². The smallest absolute Gasteiger partial charge is 0.329 e. The van der Waals surface area contributed by atoms with Gasteiger partial charge in [-0.3, -0.25) is 9.59 Å². The van der Waals surface area contributed by atoms with Crippen LogP contribution in [-0.4, -0.2) is 65.0 Å². The van der Waals surface area contributed by atoms with E-state index < -0.39 is 6.04 Å². The molecule has 4 aliphatic heterocycles. The van der Waals surface area contributed by atoms with Crippen LogP contribution in [0.5, 0.6) is 5.75 Å². The summed E-state index contributed by atoms with van der Waals surface area (Å²) in [6.45, 7) is 5.43. The molecule has 4 aliphatic rings. The van der Waals surface area contributed by atoms with Crippen LogP contribution < -0.4 is 15.0 Å². The van der Waals surface area contributed by atoms with Crippen LogP contribution in [-0.2, 0) is 16.0 Å². The van der Waals surface area contributed by atoms with Gasteiger partial charge in [0.25, 0.3) is 11.8 Å². The van der Waals surface area contributed by atoms with E-state index in [2.05, 4.69) is 5.32 Å². The molecule has 0 spiro atoms. The first-order valence-corrected chi connectivity index (χ1v) is 11.5. The van der Waals surface area contributed by atoms with Gasteiger partial charge in [-0.1, -0.05) is 11.3 Å². The molecule has 32 heavy (non-hydrogen) atoms. The number of fused-ring (bicyclic) bond motifs is 4. The predicted molar refractivity (Wildman–Crippen MR) is 116 cm³/mol. The standard InChI is InChI=1S/C22H22N4O5S/c1-22(2)9-13-17(18(27)24-22)32-21(23-13)25-5-6-30-16-4-3-11(7-14(16)25)19(28)26-10-12-8-15(26)20(29)31-12/h3-4,7,12,15H,5-6,8-10H2,1-2H3,(H,24,27). The predicted octanol–water partition coefficient (Wildman–Crippen LogP) is 1.88. The minimum atomic E-state index is -0.497. The molecular weight excluding hydrogens is 432 g/mol. The Hall–Kier alpha value is -3.14. The van der Waals surface area contributed by atoms with Crippen LogP contribution in [0.4, 0.5) is 10.8 Å². The number of rotatable bonds is 2. The van der Waals surface area contributed by atoms with Gasteiger partial charge < -0.3 is 24.6 Å². The summed E-state index contributed by atoms with van der Waals surface area (Å²) < 4.78 is 11.0. The maximum atomic E-state index is 13.2. The van der Waals surface area contributed by atoms with Crippen molar-refractivity contribution < 1.29 is 23.9 Å². The van der Waals surface area contributed by atoms with E-state index in [0.29, 0.717) is 53.9 Å². The molecule has 6 rings (SSSR count). The zero-order chi connectivity index (χ0) is 22.2. The number of carbonyl (C=O) groups excluding carboxylic acids is 3. The number of esters is 1. The van der Waals surface area contributed by atoms with Crippen molar-refractivity contribution in [2.75, 3.05) is 24.6 Å². The summed E-state index contributed by atoms with van der Waals surface area (Å²) in [5.41, 5.74) is 1.68. The lowest BCUT2D eigenvalue weighted by Gasteiger charge is -2.30. The molecule has 9 nitrogen and oxygen atoms in total. The van der Waals surface area contributed by atoms with Crippen molar-refractivity contribution in [3.63, 3.8) is 0 Å². The van der Waals surface area contributed by atoms with E-state index in [1.807, 2.05) is 18.7 Å². The summed E-state index contributed by atoms with van der Waals surface area (Å²) in [5, 5.41) is 3.73. The monoisotopic (exact) mass is 454 g/mol. The lowest BCUT2D eigenvalue weighted by Crippen LogP contribution is -2.48. The molecule has 1 aromatic carbocycles. The highest BCUT2D eigenvalue weighted by Gasteiger charge is 2.48. The van der Waals surface area contributed by atoms with Crippen LogP contribution in [0.1, 0.15) is 46.0 Å². The normalized spacial score (nSPS) is 25.1. The molecule has 0 saturated carbocycles. The summed E-state index contributed by atoms with van der Waals surface area (Å²) in [4.78, 5) is 46.7. The minimum absolute atomic E-state index is 0.103. The number of benzene rings is 1. The molecule has 2 aromatic rings. The zero-order valence-electron chi connectivity index (χ0n) is 17.7. The van der Waals surface area contributed by atoms with Crippen LogP contribution in [0, 0.1) is 0 Å². The number of thiazole rings is 1. The Morgan fingerprint density at radius 3 is 2.94 bits per heavy atom. The van der Waals surface area contributed by atoms with Crippen molar-refractivity contribution in [1.82, 2.24) is 15.2 Å². The van der Waals surface area contributed by atoms with Gasteiger partial charge in [0.1, 0.15) is 29.4 Å². The second kappa shape index (κ2) is 6.68. The number of aromatic nitrogens is 1. The highest BCUT2D eigenvalue weighted by atomic mass is 32.1. The van der Waals surface area contributed by atoms with Gasteiger partial charge in [0, 0.05) is 23.9 Å². The SMILES string of the molecule is CC1(C)Cc2nc(N3CCOc4ccc(C(=O)N5CC6CC5C(=O)O6)cc43)sc2C(=O)N1. The van der Waals surface area contributed by atoms with E-state index in [-0.39, 0.29) is 29.4 Å². The van der Waals surface area contributed by atoms with Crippen molar-refractivity contribution in [1.29, 1.82) is 0 Å². The number of likely N-dealkylation sites (tertiary alicyclic amines) is 1. The quantitative estimate of drug-likeness (QED) is 0.692. The van der Waals surface area contributed by atoms with Gasteiger partial charge in [-0.2, -0.15) is 0 Å². The molecule has 1 N–H and O–H groups in total. The molecule has 2 saturated heterocycles. The van der Waals surface area contributed by atoms with Crippen molar-refractivity contribution in [3.05, 3.63) is 34.3 Å². The van der Waals surface area contributed by atoms with Gasteiger partial charge in [0.05, 0.1) is 24.5 Å². The van der Waals surface area contributed by atoms with Crippen LogP contribution in [0.2, 0.25) is 0 Å². The molecule has 1 aromatic heterocycles. The maximum Gasteiger partial charge on any atom is 0.329 e. The van der Waals surface area contributed by atoms with Gasteiger partial charge in [-0.25, -0.2) is 9.78 Å². The third-order valence-electron chi connectivity index (χ3n) is 6.33. The molecule has 2 amide bonds. The fraction of sp³-hybridized carbons (Fsp3) is 0.455. The molecule has 0 aliphatic carbocycles. The summed E-state index contributed by atoms with van der Waals surface area (Å²) in [6, 6.07) is 4.80. The molecule has 2 bridgehead atoms. The molecule has 166 valence electrons. The van der Waals surface area contributed by atoms with Crippen LogP contribution >= 0.6 is 11.3 Å². The Morgan fingerprint density at radius 1 is 1.31 bits per heavy atom. The average molecular weight is 455 g/mol. The molecule has 2 unspecified atom stereocenters. The Labute approximate surface area is 188 Å². The lowest BCUT2D eigenvalue weighted by atomic mass is 9.94. The average Bonchev–Trinajstić information content (AvgIpc) is 3.45. The molecular formula is C22H22N4O5S. The third-order valence-corrected chi connectivity index (χ3v) is 7.45. The second-order valence-electron chi connectivity index (χ2n) is 9.24. The molecule has 2 fully saturated rings. The first-order valence-electron chi connectivity index (χ1n) is 10.7. The zero-order valence-corrected chi connectivity index (χ0v) is 18.5. The molecule has 5 heterocycles. The second-order valence-corrected chi connectivity index (χ2v) is 10.2. The number of carbonyl (C=O) groups is 3. The number of ether oxygens (including phenoxy) is 2. The highest BCUT2D eigenvalue weighted by molar-refractivity contribution is 7.17. The van der Waals surface area contributed by atoms with Gasteiger partial charge in [-0.15, -0.1) is 0 Å². The number of nitrogens with zero attached hydrogens (tertiary/aromatic N) is 3. The Bertz CT molecular complexity index is 1180. The van der Waals surface area contributed by atoms with Gasteiger partial charge in [0.15, 0.2) is 5.13 Å². The summed E-state index contributed by atoms with van der Waals surface area (Å²) in [7, 11) is 0. The van der Waals surface area contributed by atoms with E-state index in [1.54, 1.807) is 23.1 Å². The highest BCUT2D eigenvalue weighted by Crippen LogP contribution is 2.41. The molecule has 2 atom stereocenters.